The molecule has 0 aromatic carbocycles. The molecule has 0 atom stereocenters. The summed E-state index contributed by atoms with van der Waals surface area (Å²) in [6, 6.07) is 0. The maximum atomic E-state index is 5.65. The second-order valence-corrected chi connectivity index (χ2v) is 3.25. The van der Waals surface area contributed by atoms with E-state index in [0.29, 0.717) is 6.54 Å². The number of hydrogen-bond acceptors (Lipinski definition) is 3. The van der Waals surface area contributed by atoms with E-state index >= 15 is 0 Å². The second kappa shape index (κ2) is 2.04. The van der Waals surface area contributed by atoms with Gasteiger partial charge in [0.05, 0.1) is 0 Å². The first-order chi connectivity index (χ1) is 5.28. The quantitative estimate of drug-likeness (QED) is 0.638. The Morgan fingerprint density at radius 3 is 2.82 bits per heavy atom. The molecule has 0 bridgehead atoms. The minimum absolute atomic E-state index is 0.172. The van der Waals surface area contributed by atoms with E-state index in [1.807, 2.05) is 11.6 Å². The second-order valence-electron chi connectivity index (χ2n) is 3.25. The Labute approximate surface area is 65.4 Å². The molecule has 2 rings (SSSR count). The van der Waals surface area contributed by atoms with Crippen LogP contribution in [0.4, 0.5) is 0 Å². The summed E-state index contributed by atoms with van der Waals surface area (Å²) in [6.45, 7) is 0.694. The number of nitrogens with zero attached hydrogens (tertiary/aromatic N) is 3. The van der Waals surface area contributed by atoms with Crippen LogP contribution in [0.25, 0.3) is 0 Å². The van der Waals surface area contributed by atoms with Crippen LogP contribution < -0.4 is 5.73 Å². The molecule has 0 radical (unpaired) electrons. The molecule has 1 aliphatic carbocycles. The number of hydrogen-bond donors (Lipinski definition) is 1. The molecule has 60 valence electrons. The Morgan fingerprint density at radius 2 is 2.45 bits per heavy atom. The van der Waals surface area contributed by atoms with Crippen molar-refractivity contribution in [3.63, 3.8) is 0 Å². The van der Waals surface area contributed by atoms with Gasteiger partial charge in [0.15, 0.2) is 0 Å². The molecule has 2 N–H and O–H groups in total. The predicted molar refractivity (Wildman–Crippen MR) is 41.0 cm³/mol. The van der Waals surface area contributed by atoms with Gasteiger partial charge in [0.25, 0.3) is 0 Å². The summed E-state index contributed by atoms with van der Waals surface area (Å²) < 4.78 is 1.96. The highest BCUT2D eigenvalue weighted by Gasteiger charge is 2.46. The minimum atomic E-state index is 0.172. The molecule has 1 fully saturated rings. The molecule has 1 aromatic heterocycles. The molecule has 0 aliphatic heterocycles. The molecule has 1 saturated carbocycles. The number of nitrogens with two attached hydrogens (primary N) is 1. The lowest BCUT2D eigenvalue weighted by molar-refractivity contribution is 0.612. The Hall–Kier alpha value is -0.900. The van der Waals surface area contributed by atoms with Gasteiger partial charge in [-0.1, -0.05) is 0 Å². The van der Waals surface area contributed by atoms with Crippen molar-refractivity contribution in [1.82, 2.24) is 14.8 Å². The summed E-state index contributed by atoms with van der Waals surface area (Å²) in [5.41, 5.74) is 5.82. The van der Waals surface area contributed by atoms with Crippen molar-refractivity contribution in [2.45, 2.75) is 18.3 Å². The van der Waals surface area contributed by atoms with Crippen LogP contribution in [0, 0.1) is 0 Å². The topological polar surface area (TPSA) is 56.7 Å². The molecule has 0 amide bonds. The molecule has 0 saturated heterocycles. The van der Waals surface area contributed by atoms with E-state index < -0.39 is 0 Å². The van der Waals surface area contributed by atoms with Crippen molar-refractivity contribution in [1.29, 1.82) is 0 Å². The van der Waals surface area contributed by atoms with Crippen molar-refractivity contribution < 1.29 is 0 Å². The van der Waals surface area contributed by atoms with Crippen molar-refractivity contribution >= 4 is 0 Å². The molecular formula is C7H12N4. The number of aromatic nitrogens is 3. The Kier molecular flexibility index (Phi) is 1.26. The Balaban J connectivity index is 2.35. The Bertz CT molecular complexity index is 261. The van der Waals surface area contributed by atoms with Crippen LogP contribution in [-0.2, 0) is 12.5 Å². The third-order valence-electron chi connectivity index (χ3n) is 2.43. The molecule has 1 heterocycles. The summed E-state index contributed by atoms with van der Waals surface area (Å²) in [6.07, 6.45) is 4.05. The van der Waals surface area contributed by atoms with E-state index in [0.717, 1.165) is 18.7 Å². The van der Waals surface area contributed by atoms with Gasteiger partial charge in [0.2, 0.25) is 0 Å². The van der Waals surface area contributed by atoms with Gasteiger partial charge < -0.3 is 10.3 Å². The van der Waals surface area contributed by atoms with Gasteiger partial charge in [0, 0.05) is 19.0 Å². The van der Waals surface area contributed by atoms with Gasteiger partial charge in [-0.25, -0.2) is 0 Å². The maximum absolute atomic E-state index is 5.65. The SMILES string of the molecule is Cn1cnnc1C1(CN)CC1. The van der Waals surface area contributed by atoms with E-state index in [4.69, 9.17) is 5.73 Å². The molecule has 1 aromatic rings. The molecule has 4 nitrogen and oxygen atoms in total. The third-order valence-corrected chi connectivity index (χ3v) is 2.43. The lowest BCUT2D eigenvalue weighted by Gasteiger charge is -2.09. The fraction of sp³-hybridized carbons (Fsp3) is 0.714. The number of aryl methyl sites for hydroxylation is 1. The van der Waals surface area contributed by atoms with Crippen LogP contribution in [0.3, 0.4) is 0 Å². The minimum Gasteiger partial charge on any atom is -0.329 e. The molecule has 11 heavy (non-hydrogen) atoms. The van der Waals surface area contributed by atoms with Gasteiger partial charge in [0.1, 0.15) is 12.2 Å². The predicted octanol–water partition coefficient (Wildman–Crippen LogP) is -0.195. The zero-order chi connectivity index (χ0) is 7.90. The largest absolute Gasteiger partial charge is 0.329 e. The average Bonchev–Trinajstić information content (AvgIpc) is 2.70. The van der Waals surface area contributed by atoms with Gasteiger partial charge in [-0.05, 0) is 12.8 Å². The first-order valence-corrected chi connectivity index (χ1v) is 3.83. The molecule has 4 heteroatoms. The standard InChI is InChI=1S/C7H12N4/c1-11-5-9-10-6(11)7(4-8)2-3-7/h5H,2-4,8H2,1H3. The van der Waals surface area contributed by atoms with Crippen molar-refractivity contribution in [2.75, 3.05) is 6.54 Å². The molecule has 1 aliphatic rings. The molecular weight excluding hydrogens is 140 g/mol. The van der Waals surface area contributed by atoms with E-state index in [1.54, 1.807) is 6.33 Å². The van der Waals surface area contributed by atoms with Gasteiger partial charge in [-0.2, -0.15) is 0 Å². The van der Waals surface area contributed by atoms with E-state index in [-0.39, 0.29) is 5.41 Å². The zero-order valence-corrected chi connectivity index (χ0v) is 6.62. The summed E-state index contributed by atoms with van der Waals surface area (Å²) in [4.78, 5) is 0. The van der Waals surface area contributed by atoms with Crippen LogP contribution >= 0.6 is 0 Å². The van der Waals surface area contributed by atoms with Crippen LogP contribution in [-0.4, -0.2) is 21.3 Å². The first kappa shape index (κ1) is 6.79. The monoisotopic (exact) mass is 152 g/mol. The van der Waals surface area contributed by atoms with Crippen molar-refractivity contribution in [3.05, 3.63) is 12.2 Å². The van der Waals surface area contributed by atoms with Gasteiger partial charge in [-0.3, -0.25) is 0 Å². The van der Waals surface area contributed by atoms with E-state index in [1.165, 1.54) is 0 Å². The summed E-state index contributed by atoms with van der Waals surface area (Å²) in [7, 11) is 1.96. The molecule has 0 spiro atoms. The van der Waals surface area contributed by atoms with E-state index in [9.17, 15) is 0 Å². The normalized spacial score (nSPS) is 20.2. The number of rotatable bonds is 2. The van der Waals surface area contributed by atoms with Crippen LogP contribution in [0.15, 0.2) is 6.33 Å². The highest BCUT2D eigenvalue weighted by Crippen LogP contribution is 2.45. The van der Waals surface area contributed by atoms with Crippen molar-refractivity contribution in [3.8, 4) is 0 Å². The first-order valence-electron chi connectivity index (χ1n) is 3.83. The fourth-order valence-corrected chi connectivity index (χ4v) is 1.43. The average molecular weight is 152 g/mol. The summed E-state index contributed by atoms with van der Waals surface area (Å²) in [5.74, 6) is 1.04. The Morgan fingerprint density at radius 1 is 1.73 bits per heavy atom. The fourth-order valence-electron chi connectivity index (χ4n) is 1.43. The summed E-state index contributed by atoms with van der Waals surface area (Å²) in [5, 5.41) is 7.89. The zero-order valence-electron chi connectivity index (χ0n) is 6.62. The van der Waals surface area contributed by atoms with Crippen LogP contribution in [0.5, 0.6) is 0 Å². The van der Waals surface area contributed by atoms with Gasteiger partial charge in [-0.15, -0.1) is 10.2 Å². The van der Waals surface area contributed by atoms with Crippen molar-refractivity contribution in [2.24, 2.45) is 12.8 Å². The van der Waals surface area contributed by atoms with Gasteiger partial charge >= 0.3 is 0 Å². The smallest absolute Gasteiger partial charge is 0.140 e. The molecule has 0 unspecified atom stereocenters. The highest BCUT2D eigenvalue weighted by atomic mass is 15.3. The maximum Gasteiger partial charge on any atom is 0.140 e. The third kappa shape index (κ3) is 0.860. The summed E-state index contributed by atoms with van der Waals surface area (Å²) >= 11 is 0. The lowest BCUT2D eigenvalue weighted by atomic mass is 10.1. The lowest BCUT2D eigenvalue weighted by Crippen LogP contribution is -2.23. The van der Waals surface area contributed by atoms with E-state index in [2.05, 4.69) is 10.2 Å². The van der Waals surface area contributed by atoms with Crippen LogP contribution in [0.2, 0.25) is 0 Å². The van der Waals surface area contributed by atoms with Crippen LogP contribution in [0.1, 0.15) is 18.7 Å². The highest BCUT2D eigenvalue weighted by molar-refractivity contribution is 5.18.